The highest BCUT2D eigenvalue weighted by molar-refractivity contribution is 5.95. The predicted molar refractivity (Wildman–Crippen MR) is 97.0 cm³/mol. The quantitative estimate of drug-likeness (QED) is 0.771. The molecule has 1 saturated carbocycles. The van der Waals surface area contributed by atoms with Crippen LogP contribution in [0.1, 0.15) is 32.1 Å². The molecule has 0 spiro atoms. The number of ether oxygens (including phenoxy) is 2. The molecule has 3 unspecified atom stereocenters. The van der Waals surface area contributed by atoms with Crippen LogP contribution in [-0.2, 0) is 9.53 Å². The van der Waals surface area contributed by atoms with Gasteiger partial charge in [-0.25, -0.2) is 0 Å². The molecule has 2 aliphatic rings. The number of rotatable bonds is 6. The van der Waals surface area contributed by atoms with Gasteiger partial charge in [0.1, 0.15) is 12.4 Å². The smallest absolute Gasteiger partial charge is 0.241 e. The van der Waals surface area contributed by atoms with Crippen molar-refractivity contribution in [1.29, 1.82) is 0 Å². The molecule has 3 rings (SSSR count). The molecule has 3 atom stereocenters. The van der Waals surface area contributed by atoms with Crippen molar-refractivity contribution in [2.45, 2.75) is 44.2 Å². The van der Waals surface area contributed by atoms with Crippen molar-refractivity contribution in [3.63, 3.8) is 0 Å². The SMILES string of the molecule is COCCOc1ccc(NC(=O)C2CC3CCCCC3N2)cc1.Cl. The molecule has 1 aromatic carbocycles. The highest BCUT2D eigenvalue weighted by atomic mass is 35.5. The average molecular weight is 355 g/mol. The molecule has 24 heavy (non-hydrogen) atoms. The lowest BCUT2D eigenvalue weighted by molar-refractivity contribution is -0.117. The summed E-state index contributed by atoms with van der Waals surface area (Å²) in [4.78, 5) is 12.4. The minimum absolute atomic E-state index is 0. The molecule has 1 saturated heterocycles. The number of methoxy groups -OCH3 is 1. The maximum Gasteiger partial charge on any atom is 0.241 e. The largest absolute Gasteiger partial charge is 0.491 e. The maximum atomic E-state index is 12.4. The first kappa shape index (κ1) is 19.0. The summed E-state index contributed by atoms with van der Waals surface area (Å²) in [7, 11) is 1.65. The van der Waals surface area contributed by atoms with Crippen LogP contribution in [0.3, 0.4) is 0 Å². The molecule has 1 amide bonds. The van der Waals surface area contributed by atoms with Crippen molar-refractivity contribution in [2.24, 2.45) is 5.92 Å². The number of anilines is 1. The minimum Gasteiger partial charge on any atom is -0.491 e. The zero-order valence-corrected chi connectivity index (χ0v) is 14.9. The Morgan fingerprint density at radius 1 is 1.21 bits per heavy atom. The van der Waals surface area contributed by atoms with Crippen LogP contribution in [0.4, 0.5) is 5.69 Å². The molecule has 5 nitrogen and oxygen atoms in total. The third kappa shape index (κ3) is 4.85. The Labute approximate surface area is 149 Å². The molecule has 1 aromatic rings. The number of hydrogen-bond donors (Lipinski definition) is 2. The zero-order valence-electron chi connectivity index (χ0n) is 14.1. The Hall–Kier alpha value is -1.30. The Morgan fingerprint density at radius 2 is 1.96 bits per heavy atom. The fourth-order valence-corrected chi connectivity index (χ4v) is 3.63. The van der Waals surface area contributed by atoms with Crippen LogP contribution < -0.4 is 15.4 Å². The fourth-order valence-electron chi connectivity index (χ4n) is 3.63. The highest BCUT2D eigenvalue weighted by Gasteiger charge is 2.38. The summed E-state index contributed by atoms with van der Waals surface area (Å²) in [6, 6.07) is 7.97. The molecule has 6 heteroatoms. The Balaban J connectivity index is 0.00000208. The van der Waals surface area contributed by atoms with Gasteiger partial charge in [0.05, 0.1) is 12.6 Å². The topological polar surface area (TPSA) is 59.6 Å². The number of nitrogens with one attached hydrogen (secondary N) is 2. The number of halogens is 1. The van der Waals surface area contributed by atoms with Gasteiger partial charge in [-0.05, 0) is 49.4 Å². The second-order valence-corrected chi connectivity index (χ2v) is 6.46. The third-order valence-corrected chi connectivity index (χ3v) is 4.86. The Morgan fingerprint density at radius 3 is 2.67 bits per heavy atom. The van der Waals surface area contributed by atoms with Gasteiger partial charge in [-0.15, -0.1) is 12.4 Å². The molecule has 134 valence electrons. The standard InChI is InChI=1S/C18H26N2O3.ClH/c1-22-10-11-23-15-8-6-14(7-9-15)19-18(21)17-12-13-4-2-3-5-16(13)20-17;/h6-9,13,16-17,20H,2-5,10-12H2,1H3,(H,19,21);1H. The Bertz CT molecular complexity index is 510. The first-order valence-corrected chi connectivity index (χ1v) is 8.55. The van der Waals surface area contributed by atoms with Crippen LogP contribution >= 0.6 is 12.4 Å². The lowest BCUT2D eigenvalue weighted by atomic mass is 9.85. The molecule has 1 aliphatic heterocycles. The molecule has 1 heterocycles. The second kappa shape index (κ2) is 9.25. The first-order valence-electron chi connectivity index (χ1n) is 8.55. The summed E-state index contributed by atoms with van der Waals surface area (Å²) in [5, 5.41) is 6.51. The fraction of sp³-hybridized carbons (Fsp3) is 0.611. The van der Waals surface area contributed by atoms with Crippen LogP contribution in [0.15, 0.2) is 24.3 Å². The van der Waals surface area contributed by atoms with E-state index in [1.54, 1.807) is 7.11 Å². The van der Waals surface area contributed by atoms with E-state index in [1.807, 2.05) is 24.3 Å². The lowest BCUT2D eigenvalue weighted by Crippen LogP contribution is -2.39. The number of amides is 1. The minimum atomic E-state index is -0.0549. The van der Waals surface area contributed by atoms with Crippen LogP contribution in [0.5, 0.6) is 5.75 Å². The molecule has 0 aromatic heterocycles. The number of carbonyl (C=O) groups is 1. The van der Waals surface area contributed by atoms with Crippen LogP contribution in [0.2, 0.25) is 0 Å². The normalized spacial score (nSPS) is 25.5. The van der Waals surface area contributed by atoms with Gasteiger partial charge in [-0.3, -0.25) is 4.79 Å². The number of hydrogen-bond acceptors (Lipinski definition) is 4. The summed E-state index contributed by atoms with van der Waals surface area (Å²) in [6.07, 6.45) is 6.03. The summed E-state index contributed by atoms with van der Waals surface area (Å²) in [5.41, 5.74) is 0.811. The van der Waals surface area contributed by atoms with Gasteiger partial charge in [0, 0.05) is 18.8 Å². The van der Waals surface area contributed by atoms with Gasteiger partial charge < -0.3 is 20.1 Å². The maximum absolute atomic E-state index is 12.4. The van der Waals surface area contributed by atoms with Gasteiger partial charge in [0.2, 0.25) is 5.91 Å². The van der Waals surface area contributed by atoms with E-state index in [0.717, 1.165) is 17.9 Å². The van der Waals surface area contributed by atoms with Crippen LogP contribution in [-0.4, -0.2) is 38.3 Å². The van der Waals surface area contributed by atoms with Crippen molar-refractivity contribution in [1.82, 2.24) is 5.32 Å². The third-order valence-electron chi connectivity index (χ3n) is 4.86. The van der Waals surface area contributed by atoms with E-state index >= 15 is 0 Å². The van der Waals surface area contributed by atoms with Crippen molar-refractivity contribution in [2.75, 3.05) is 25.6 Å². The summed E-state index contributed by atoms with van der Waals surface area (Å²) >= 11 is 0. The van der Waals surface area contributed by atoms with Gasteiger partial charge in [0.25, 0.3) is 0 Å². The van der Waals surface area contributed by atoms with Crippen molar-refractivity contribution >= 4 is 24.0 Å². The van der Waals surface area contributed by atoms with Crippen LogP contribution in [0.25, 0.3) is 0 Å². The number of carbonyl (C=O) groups excluding carboxylic acids is 1. The first-order chi connectivity index (χ1) is 11.3. The molecule has 2 N–H and O–H groups in total. The van der Waals surface area contributed by atoms with E-state index in [-0.39, 0.29) is 24.4 Å². The van der Waals surface area contributed by atoms with E-state index in [9.17, 15) is 4.79 Å². The molecule has 0 radical (unpaired) electrons. The zero-order chi connectivity index (χ0) is 16.1. The molecular formula is C18H27ClN2O3. The van der Waals surface area contributed by atoms with Crippen molar-refractivity contribution in [3.8, 4) is 5.75 Å². The average Bonchev–Trinajstić information content (AvgIpc) is 3.01. The van der Waals surface area contributed by atoms with E-state index in [4.69, 9.17) is 9.47 Å². The number of benzene rings is 1. The predicted octanol–water partition coefficient (Wildman–Crippen LogP) is 2.99. The molecular weight excluding hydrogens is 328 g/mol. The monoisotopic (exact) mass is 354 g/mol. The summed E-state index contributed by atoms with van der Waals surface area (Å²) < 4.78 is 10.5. The summed E-state index contributed by atoms with van der Waals surface area (Å²) in [6.45, 7) is 1.09. The van der Waals surface area contributed by atoms with Gasteiger partial charge >= 0.3 is 0 Å². The summed E-state index contributed by atoms with van der Waals surface area (Å²) in [5.74, 6) is 1.54. The van der Waals surface area contributed by atoms with Crippen molar-refractivity contribution in [3.05, 3.63) is 24.3 Å². The van der Waals surface area contributed by atoms with E-state index in [0.29, 0.717) is 25.2 Å². The van der Waals surface area contributed by atoms with Crippen LogP contribution in [0, 0.1) is 5.92 Å². The highest BCUT2D eigenvalue weighted by Crippen LogP contribution is 2.33. The van der Waals surface area contributed by atoms with Crippen molar-refractivity contribution < 1.29 is 14.3 Å². The van der Waals surface area contributed by atoms with E-state index in [2.05, 4.69) is 10.6 Å². The van der Waals surface area contributed by atoms with Gasteiger partial charge in [-0.1, -0.05) is 12.8 Å². The van der Waals surface area contributed by atoms with Gasteiger partial charge in [-0.2, -0.15) is 0 Å². The molecule has 1 aliphatic carbocycles. The second-order valence-electron chi connectivity index (χ2n) is 6.46. The van der Waals surface area contributed by atoms with Gasteiger partial charge in [0.15, 0.2) is 0 Å². The molecule has 2 fully saturated rings. The lowest BCUT2D eigenvalue weighted by Gasteiger charge is -2.24. The van der Waals surface area contributed by atoms with E-state index in [1.165, 1.54) is 25.7 Å². The molecule has 0 bridgehead atoms. The Kier molecular flexibility index (Phi) is 7.34. The van der Waals surface area contributed by atoms with E-state index < -0.39 is 0 Å². The number of fused-ring (bicyclic) bond motifs is 1.